The van der Waals surface area contributed by atoms with Crippen LogP contribution in [0.15, 0.2) is 88.8 Å². The highest BCUT2D eigenvalue weighted by Gasteiger charge is 2.42. The molecule has 0 spiro atoms. The van der Waals surface area contributed by atoms with Crippen LogP contribution in [0.5, 0.6) is 5.75 Å². The number of hydrogen-bond donors (Lipinski definition) is 1. The van der Waals surface area contributed by atoms with E-state index in [1.807, 2.05) is 71.6 Å². The molecule has 0 aromatic heterocycles. The maximum Gasteiger partial charge on any atom is 0.275 e. The van der Waals surface area contributed by atoms with Crippen LogP contribution in [0.1, 0.15) is 17.2 Å². The zero-order chi connectivity index (χ0) is 22.8. The number of carbonyl (C=O) groups excluding carboxylic acids is 2. The minimum Gasteiger partial charge on any atom is -0.495 e. The molecule has 5 rings (SSSR count). The second-order valence-corrected chi connectivity index (χ2v) is 8.35. The van der Waals surface area contributed by atoms with Crippen LogP contribution in [0, 0.1) is 0 Å². The van der Waals surface area contributed by atoms with Gasteiger partial charge in [0, 0.05) is 5.56 Å². The number of amides is 2. The van der Waals surface area contributed by atoms with E-state index >= 15 is 0 Å². The third-order valence-corrected chi connectivity index (χ3v) is 6.28. The predicted octanol–water partition coefficient (Wildman–Crippen LogP) is 4.40. The fourth-order valence-electron chi connectivity index (χ4n) is 3.85. The molecule has 2 aliphatic heterocycles. The van der Waals surface area contributed by atoms with E-state index < -0.39 is 6.04 Å². The van der Waals surface area contributed by atoms with Crippen LogP contribution in [0.3, 0.4) is 0 Å². The summed E-state index contributed by atoms with van der Waals surface area (Å²) < 4.78 is 5.30. The van der Waals surface area contributed by atoms with E-state index in [1.165, 1.54) is 11.8 Å². The zero-order valence-electron chi connectivity index (χ0n) is 17.8. The number of anilines is 1. The molecule has 0 saturated heterocycles. The third kappa shape index (κ3) is 4.01. The second-order valence-electron chi connectivity index (χ2n) is 7.41. The van der Waals surface area contributed by atoms with Crippen molar-refractivity contribution in [1.29, 1.82) is 0 Å². The van der Waals surface area contributed by atoms with Crippen LogP contribution in [0.25, 0.3) is 0 Å². The highest BCUT2D eigenvalue weighted by Crippen LogP contribution is 2.39. The van der Waals surface area contributed by atoms with Gasteiger partial charge >= 0.3 is 0 Å². The zero-order valence-corrected chi connectivity index (χ0v) is 18.6. The molecule has 2 aliphatic rings. The van der Waals surface area contributed by atoms with E-state index in [0.717, 1.165) is 16.8 Å². The largest absolute Gasteiger partial charge is 0.495 e. The molecule has 8 heteroatoms. The van der Waals surface area contributed by atoms with Crippen molar-refractivity contribution in [1.82, 2.24) is 4.90 Å². The van der Waals surface area contributed by atoms with Gasteiger partial charge < -0.3 is 10.1 Å². The Morgan fingerprint density at radius 3 is 2.55 bits per heavy atom. The maximum absolute atomic E-state index is 13.0. The van der Waals surface area contributed by atoms with Crippen molar-refractivity contribution in [2.45, 2.75) is 6.04 Å². The number of thioether (sulfide) groups is 1. The number of amidine groups is 2. The van der Waals surface area contributed by atoms with E-state index in [2.05, 4.69) is 10.3 Å². The molecule has 164 valence electrons. The lowest BCUT2D eigenvalue weighted by Gasteiger charge is -2.31. The summed E-state index contributed by atoms with van der Waals surface area (Å²) in [6.07, 6.45) is 0. The third-order valence-electron chi connectivity index (χ3n) is 5.33. The predicted molar refractivity (Wildman–Crippen MR) is 130 cm³/mol. The number of aliphatic imine (C=N–C) groups is 2. The first-order chi connectivity index (χ1) is 16.2. The monoisotopic (exact) mass is 456 g/mol. The van der Waals surface area contributed by atoms with E-state index in [1.54, 1.807) is 19.2 Å². The van der Waals surface area contributed by atoms with E-state index in [4.69, 9.17) is 9.73 Å². The van der Waals surface area contributed by atoms with Crippen molar-refractivity contribution >= 4 is 46.0 Å². The molecule has 1 N–H and O–H groups in total. The highest BCUT2D eigenvalue weighted by molar-refractivity contribution is 8.14. The molecule has 0 aliphatic carbocycles. The Kier molecular flexibility index (Phi) is 5.66. The summed E-state index contributed by atoms with van der Waals surface area (Å²) in [5, 5.41) is 3.43. The maximum atomic E-state index is 13.0. The van der Waals surface area contributed by atoms with Crippen molar-refractivity contribution < 1.29 is 14.3 Å². The highest BCUT2D eigenvalue weighted by atomic mass is 32.2. The van der Waals surface area contributed by atoms with Gasteiger partial charge in [0.25, 0.3) is 5.91 Å². The molecule has 1 atom stereocenters. The summed E-state index contributed by atoms with van der Waals surface area (Å²) in [6.45, 7) is 0. The molecular weight excluding hydrogens is 436 g/mol. The van der Waals surface area contributed by atoms with Crippen LogP contribution in [-0.4, -0.2) is 40.6 Å². The van der Waals surface area contributed by atoms with Crippen molar-refractivity contribution in [3.8, 4) is 5.75 Å². The molecule has 7 nitrogen and oxygen atoms in total. The van der Waals surface area contributed by atoms with Crippen LogP contribution in [0.4, 0.5) is 11.4 Å². The molecule has 1 unspecified atom stereocenters. The number of para-hydroxylation sites is 3. The van der Waals surface area contributed by atoms with Gasteiger partial charge in [-0.2, -0.15) is 4.99 Å². The summed E-state index contributed by atoms with van der Waals surface area (Å²) in [5.41, 5.74) is 2.95. The minimum absolute atomic E-state index is 0.110. The van der Waals surface area contributed by atoms with Gasteiger partial charge in [0.05, 0.1) is 24.2 Å². The lowest BCUT2D eigenvalue weighted by molar-refractivity contribution is -0.119. The van der Waals surface area contributed by atoms with Crippen molar-refractivity contribution in [2.75, 3.05) is 18.2 Å². The SMILES string of the molecule is COc1ccccc1NC(=O)CSC1=Nc2ccccc2C2=NC(=O)C(c3ccccc3)N12. The van der Waals surface area contributed by atoms with Crippen LogP contribution in [-0.2, 0) is 9.59 Å². The van der Waals surface area contributed by atoms with E-state index in [0.29, 0.717) is 22.4 Å². The van der Waals surface area contributed by atoms with Crippen molar-refractivity contribution in [3.63, 3.8) is 0 Å². The Morgan fingerprint density at radius 2 is 1.73 bits per heavy atom. The van der Waals surface area contributed by atoms with Gasteiger partial charge in [-0.15, -0.1) is 0 Å². The molecule has 0 bridgehead atoms. The molecule has 0 saturated carbocycles. The summed E-state index contributed by atoms with van der Waals surface area (Å²) >= 11 is 1.27. The van der Waals surface area contributed by atoms with Gasteiger partial charge in [-0.05, 0) is 29.8 Å². The molecular formula is C25H20N4O3S. The normalized spacial score (nSPS) is 16.5. The van der Waals surface area contributed by atoms with Crippen LogP contribution in [0.2, 0.25) is 0 Å². The Balaban J connectivity index is 1.43. The molecule has 3 aromatic rings. The molecule has 2 heterocycles. The van der Waals surface area contributed by atoms with Gasteiger partial charge in [0.1, 0.15) is 17.6 Å². The summed E-state index contributed by atoms with van der Waals surface area (Å²) in [7, 11) is 1.56. The van der Waals surface area contributed by atoms with Crippen LogP contribution >= 0.6 is 11.8 Å². The number of carbonyl (C=O) groups is 2. The molecule has 0 fully saturated rings. The first-order valence-corrected chi connectivity index (χ1v) is 11.3. The average Bonchev–Trinajstić information content (AvgIpc) is 3.20. The topological polar surface area (TPSA) is 83.4 Å². The number of nitrogens with zero attached hydrogens (tertiary/aromatic N) is 3. The fourth-order valence-corrected chi connectivity index (χ4v) is 4.68. The number of hydrogen-bond acceptors (Lipinski definition) is 6. The molecule has 33 heavy (non-hydrogen) atoms. The number of rotatable bonds is 5. The Labute approximate surface area is 195 Å². The summed E-state index contributed by atoms with van der Waals surface area (Å²) in [6, 6.07) is 23.7. The van der Waals surface area contributed by atoms with Gasteiger partial charge in [0.15, 0.2) is 5.17 Å². The number of fused-ring (bicyclic) bond motifs is 3. The van der Waals surface area contributed by atoms with Gasteiger partial charge in [-0.3, -0.25) is 14.5 Å². The van der Waals surface area contributed by atoms with Gasteiger partial charge in [-0.1, -0.05) is 66.4 Å². The first-order valence-electron chi connectivity index (χ1n) is 10.4. The smallest absolute Gasteiger partial charge is 0.275 e. The Hall–Kier alpha value is -3.91. The number of nitrogens with one attached hydrogen (secondary N) is 1. The lowest BCUT2D eigenvalue weighted by atomic mass is 10.0. The summed E-state index contributed by atoms with van der Waals surface area (Å²) in [5.74, 6) is 0.806. The number of methoxy groups -OCH3 is 1. The molecule has 2 amide bonds. The quantitative estimate of drug-likeness (QED) is 0.615. The van der Waals surface area contributed by atoms with Gasteiger partial charge in [0.2, 0.25) is 5.91 Å². The summed E-state index contributed by atoms with van der Waals surface area (Å²) in [4.78, 5) is 36.7. The minimum atomic E-state index is -0.613. The molecule has 0 radical (unpaired) electrons. The Bertz CT molecular complexity index is 1290. The van der Waals surface area contributed by atoms with E-state index in [-0.39, 0.29) is 17.6 Å². The first kappa shape index (κ1) is 21.0. The van der Waals surface area contributed by atoms with E-state index in [9.17, 15) is 9.59 Å². The van der Waals surface area contributed by atoms with Crippen molar-refractivity contribution in [2.24, 2.45) is 9.98 Å². The van der Waals surface area contributed by atoms with Crippen LogP contribution < -0.4 is 10.1 Å². The molecule has 3 aromatic carbocycles. The van der Waals surface area contributed by atoms with Crippen molar-refractivity contribution in [3.05, 3.63) is 90.0 Å². The number of benzene rings is 3. The second kappa shape index (κ2) is 8.91. The number of ether oxygens (including phenoxy) is 1. The van der Waals surface area contributed by atoms with Gasteiger partial charge in [-0.25, -0.2) is 4.99 Å². The lowest BCUT2D eigenvalue weighted by Crippen LogP contribution is -2.39. The average molecular weight is 457 g/mol. The Morgan fingerprint density at radius 1 is 1.00 bits per heavy atom. The fraction of sp³-hybridized carbons (Fsp3) is 0.120. The standard InChI is InChI=1S/C25H20N4O3S/c1-32-20-14-8-7-13-19(20)26-21(30)15-33-25-27-18-12-6-5-11-17(18)23-28-24(31)22(29(23)25)16-9-3-2-4-10-16/h2-14,22H,15H2,1H3,(H,26,30).